The van der Waals surface area contributed by atoms with Crippen LogP contribution in [0.15, 0.2) is 12.1 Å². The molecule has 0 spiro atoms. The van der Waals surface area contributed by atoms with E-state index in [9.17, 15) is 8.78 Å². The van der Waals surface area contributed by atoms with E-state index in [1.54, 1.807) is 0 Å². The molecule has 1 aromatic rings. The summed E-state index contributed by atoms with van der Waals surface area (Å²) in [5.41, 5.74) is -0.00645. The van der Waals surface area contributed by atoms with Crippen LogP contribution in [0.4, 0.5) is 8.78 Å². The smallest absolute Gasteiger partial charge is 0.134 e. The lowest BCUT2D eigenvalue weighted by Gasteiger charge is -2.31. The Bertz CT molecular complexity index is 450. The normalized spacial score (nSPS) is 23.4. The van der Waals surface area contributed by atoms with Crippen molar-refractivity contribution < 1.29 is 13.5 Å². The molecule has 2 rings (SSSR count). The summed E-state index contributed by atoms with van der Waals surface area (Å²) in [6.45, 7) is 4.22. The van der Waals surface area contributed by atoms with Crippen molar-refractivity contribution in [2.45, 2.75) is 38.5 Å². The Morgan fingerprint density at radius 2 is 1.89 bits per heavy atom. The minimum Gasteiger partial charge on any atom is -0.497 e. The maximum absolute atomic E-state index is 14.0. The Kier molecular flexibility index (Phi) is 4.05. The summed E-state index contributed by atoms with van der Waals surface area (Å²) in [5, 5.41) is -0.636. The number of benzene rings is 1. The van der Waals surface area contributed by atoms with Gasteiger partial charge in [-0.25, -0.2) is 8.78 Å². The van der Waals surface area contributed by atoms with E-state index >= 15 is 0 Å². The van der Waals surface area contributed by atoms with Crippen LogP contribution in [0.2, 0.25) is 0 Å². The van der Waals surface area contributed by atoms with Crippen molar-refractivity contribution in [2.24, 2.45) is 11.3 Å². The maximum Gasteiger partial charge on any atom is 0.134 e. The predicted molar refractivity (Wildman–Crippen MR) is 72.6 cm³/mol. The van der Waals surface area contributed by atoms with Gasteiger partial charge in [-0.15, -0.1) is 11.6 Å². The zero-order valence-electron chi connectivity index (χ0n) is 11.5. The number of rotatable bonds is 3. The zero-order valence-corrected chi connectivity index (χ0v) is 12.2. The molecule has 1 aliphatic rings. The first-order chi connectivity index (χ1) is 8.86. The van der Waals surface area contributed by atoms with Gasteiger partial charge in [0.2, 0.25) is 0 Å². The van der Waals surface area contributed by atoms with Crippen LogP contribution in [0.5, 0.6) is 5.75 Å². The third kappa shape index (κ3) is 2.71. The summed E-state index contributed by atoms with van der Waals surface area (Å²) in [7, 11) is 1.38. The first-order valence-electron chi connectivity index (χ1n) is 6.54. The molecule has 0 bridgehead atoms. The lowest BCUT2D eigenvalue weighted by atomic mass is 9.78. The van der Waals surface area contributed by atoms with Crippen molar-refractivity contribution in [1.82, 2.24) is 0 Å². The van der Waals surface area contributed by atoms with E-state index in [1.807, 2.05) is 0 Å². The van der Waals surface area contributed by atoms with Crippen molar-refractivity contribution in [3.05, 3.63) is 29.3 Å². The second kappa shape index (κ2) is 5.28. The first kappa shape index (κ1) is 14.6. The highest BCUT2D eigenvalue weighted by Crippen LogP contribution is 2.52. The van der Waals surface area contributed by atoms with Gasteiger partial charge in [-0.05, 0) is 24.2 Å². The van der Waals surface area contributed by atoms with Crippen molar-refractivity contribution in [3.63, 3.8) is 0 Å². The van der Waals surface area contributed by atoms with Crippen molar-refractivity contribution in [2.75, 3.05) is 7.11 Å². The van der Waals surface area contributed by atoms with Crippen LogP contribution >= 0.6 is 11.6 Å². The standard InChI is InChI=1S/C15H19ClF2O/c1-15(2)6-4-5-10(15)14(16)13-11(17)7-9(19-3)8-12(13)18/h7-8,10,14H,4-6H2,1-3H3. The number of halogens is 3. The summed E-state index contributed by atoms with van der Waals surface area (Å²) in [5.74, 6) is -0.987. The molecule has 2 atom stereocenters. The molecule has 1 fully saturated rings. The summed E-state index contributed by atoms with van der Waals surface area (Å²) in [4.78, 5) is 0. The largest absolute Gasteiger partial charge is 0.497 e. The molecule has 0 heterocycles. The molecule has 4 heteroatoms. The van der Waals surface area contributed by atoms with E-state index in [1.165, 1.54) is 19.2 Å². The lowest BCUT2D eigenvalue weighted by Crippen LogP contribution is -2.22. The SMILES string of the molecule is COc1cc(F)c(C(Cl)C2CCCC2(C)C)c(F)c1. The third-order valence-electron chi connectivity index (χ3n) is 4.26. The van der Waals surface area contributed by atoms with E-state index in [-0.39, 0.29) is 22.6 Å². The predicted octanol–water partition coefficient (Wildman–Crippen LogP) is 5.08. The Balaban J connectivity index is 2.36. The molecule has 1 aliphatic carbocycles. The van der Waals surface area contributed by atoms with Gasteiger partial charge in [0.15, 0.2) is 0 Å². The third-order valence-corrected chi connectivity index (χ3v) is 4.78. The van der Waals surface area contributed by atoms with E-state index < -0.39 is 17.0 Å². The van der Waals surface area contributed by atoms with E-state index in [0.29, 0.717) is 0 Å². The van der Waals surface area contributed by atoms with E-state index in [2.05, 4.69) is 13.8 Å². The highest BCUT2D eigenvalue weighted by molar-refractivity contribution is 6.21. The molecule has 0 radical (unpaired) electrons. The van der Waals surface area contributed by atoms with E-state index in [4.69, 9.17) is 16.3 Å². The first-order valence-corrected chi connectivity index (χ1v) is 6.97. The highest BCUT2D eigenvalue weighted by atomic mass is 35.5. The average Bonchev–Trinajstić information content (AvgIpc) is 2.67. The van der Waals surface area contributed by atoms with Gasteiger partial charge < -0.3 is 4.74 Å². The minimum atomic E-state index is -0.636. The van der Waals surface area contributed by atoms with Crippen LogP contribution in [0.1, 0.15) is 44.1 Å². The Morgan fingerprint density at radius 1 is 1.32 bits per heavy atom. The molecule has 1 nitrogen and oxygen atoms in total. The number of ether oxygens (including phenoxy) is 1. The van der Waals surface area contributed by atoms with Crippen LogP contribution < -0.4 is 4.74 Å². The maximum atomic E-state index is 14.0. The van der Waals surface area contributed by atoms with Gasteiger partial charge in [0.05, 0.1) is 12.5 Å². The van der Waals surface area contributed by atoms with Crippen molar-refractivity contribution in [1.29, 1.82) is 0 Å². The van der Waals surface area contributed by atoms with Gasteiger partial charge >= 0.3 is 0 Å². The molecule has 1 saturated carbocycles. The second-order valence-corrected chi connectivity index (χ2v) is 6.36. The summed E-state index contributed by atoms with van der Waals surface area (Å²) < 4.78 is 33.0. The number of hydrogen-bond donors (Lipinski definition) is 0. The molecule has 0 aromatic heterocycles. The van der Waals surface area contributed by atoms with Crippen LogP contribution in [0.3, 0.4) is 0 Å². The molecule has 106 valence electrons. The van der Waals surface area contributed by atoms with Gasteiger partial charge in [-0.2, -0.15) is 0 Å². The van der Waals surface area contributed by atoms with Crippen LogP contribution in [0, 0.1) is 23.0 Å². The Morgan fingerprint density at radius 3 is 2.32 bits per heavy atom. The fourth-order valence-corrected chi connectivity index (χ4v) is 3.72. The van der Waals surface area contributed by atoms with Crippen LogP contribution in [-0.4, -0.2) is 7.11 Å². The molecular formula is C15H19ClF2O. The summed E-state index contributed by atoms with van der Waals surface area (Å²) in [6, 6.07) is 2.38. The topological polar surface area (TPSA) is 9.23 Å². The fraction of sp³-hybridized carbons (Fsp3) is 0.600. The number of hydrogen-bond acceptors (Lipinski definition) is 1. The Hall–Kier alpha value is -0.830. The van der Waals surface area contributed by atoms with Gasteiger partial charge in [0.1, 0.15) is 17.4 Å². The van der Waals surface area contributed by atoms with Gasteiger partial charge in [-0.1, -0.05) is 20.3 Å². The molecule has 0 N–H and O–H groups in total. The van der Waals surface area contributed by atoms with Gasteiger partial charge in [0.25, 0.3) is 0 Å². The molecular weight excluding hydrogens is 270 g/mol. The molecule has 1 aromatic carbocycles. The highest BCUT2D eigenvalue weighted by Gasteiger charge is 2.41. The number of alkyl halides is 1. The van der Waals surface area contributed by atoms with Crippen molar-refractivity contribution in [3.8, 4) is 5.75 Å². The zero-order chi connectivity index (χ0) is 14.2. The molecule has 19 heavy (non-hydrogen) atoms. The van der Waals surface area contributed by atoms with Crippen LogP contribution in [-0.2, 0) is 0 Å². The van der Waals surface area contributed by atoms with E-state index in [0.717, 1.165) is 19.3 Å². The van der Waals surface area contributed by atoms with Gasteiger partial charge in [0, 0.05) is 17.7 Å². The lowest BCUT2D eigenvalue weighted by molar-refractivity contribution is 0.247. The minimum absolute atomic E-state index is 0.0191. The second-order valence-electron chi connectivity index (χ2n) is 5.89. The molecule has 0 aliphatic heterocycles. The van der Waals surface area contributed by atoms with Gasteiger partial charge in [-0.3, -0.25) is 0 Å². The summed E-state index contributed by atoms with van der Waals surface area (Å²) in [6.07, 6.45) is 3.01. The fourth-order valence-electron chi connectivity index (χ4n) is 3.04. The monoisotopic (exact) mass is 288 g/mol. The van der Waals surface area contributed by atoms with Crippen LogP contribution in [0.25, 0.3) is 0 Å². The van der Waals surface area contributed by atoms with Crippen molar-refractivity contribution >= 4 is 11.6 Å². The molecule has 0 saturated heterocycles. The number of methoxy groups -OCH3 is 1. The molecule has 0 amide bonds. The average molecular weight is 289 g/mol. The Labute approximate surface area is 117 Å². The summed E-state index contributed by atoms with van der Waals surface area (Å²) >= 11 is 6.38. The molecule has 2 unspecified atom stereocenters. The quantitative estimate of drug-likeness (QED) is 0.705.